The Bertz CT molecular complexity index is 918. The summed E-state index contributed by atoms with van der Waals surface area (Å²) in [6.45, 7) is 9.04. The van der Waals surface area contributed by atoms with Gasteiger partial charge in [0.1, 0.15) is 13.2 Å². The Kier molecular flexibility index (Phi) is 48.1. The van der Waals surface area contributed by atoms with Crippen molar-refractivity contribution in [2.24, 2.45) is 5.92 Å². The highest BCUT2D eigenvalue weighted by atomic mass is 16.6. The fourth-order valence-electron chi connectivity index (χ4n) is 8.39. The van der Waals surface area contributed by atoms with Gasteiger partial charge in [-0.1, -0.05) is 272 Å². The van der Waals surface area contributed by atoms with E-state index in [0.717, 1.165) is 63.7 Å². The molecule has 362 valence electrons. The third kappa shape index (κ3) is 49.3. The maximum absolute atomic E-state index is 12.8. The van der Waals surface area contributed by atoms with Gasteiger partial charge in [0.25, 0.3) is 0 Å². The van der Waals surface area contributed by atoms with Gasteiger partial charge in [0.2, 0.25) is 0 Å². The SMILES string of the molecule is CCCCCCCCCCCCCCCCCC(=O)O[C@@H](COC(=O)CCCCCCCCCCCCCCC)COC(=O)CCCCCCCCCCCCCCC(C)C. The summed E-state index contributed by atoms with van der Waals surface area (Å²) in [6.07, 6.45) is 52.3. The Morgan fingerprint density at radius 2 is 0.541 bits per heavy atom. The van der Waals surface area contributed by atoms with E-state index in [-0.39, 0.29) is 31.1 Å². The van der Waals surface area contributed by atoms with Gasteiger partial charge in [-0.3, -0.25) is 14.4 Å². The Hall–Kier alpha value is -1.59. The standard InChI is InChI=1S/C55H106O6/c1-5-7-9-11-13-15-17-19-20-22-28-32-36-40-44-48-55(58)61-52(49-59-53(56)46-42-38-34-30-26-21-18-16-14-12-10-8-6-2)50-60-54(57)47-43-39-35-31-27-24-23-25-29-33-37-41-45-51(3)4/h51-52H,5-50H2,1-4H3/t52-/m0/s1. The predicted octanol–water partition coefficient (Wildman–Crippen LogP) is 17.8. The summed E-state index contributed by atoms with van der Waals surface area (Å²) in [7, 11) is 0. The van der Waals surface area contributed by atoms with Crippen LogP contribution in [0.2, 0.25) is 0 Å². The van der Waals surface area contributed by atoms with Crippen LogP contribution in [0.3, 0.4) is 0 Å². The fraction of sp³-hybridized carbons (Fsp3) is 0.945. The zero-order chi connectivity index (χ0) is 44.5. The summed E-state index contributed by atoms with van der Waals surface area (Å²) in [5.41, 5.74) is 0. The number of unbranched alkanes of at least 4 members (excludes halogenated alkanes) is 37. The molecule has 0 saturated heterocycles. The van der Waals surface area contributed by atoms with Gasteiger partial charge in [-0.15, -0.1) is 0 Å². The van der Waals surface area contributed by atoms with Crippen molar-refractivity contribution in [1.29, 1.82) is 0 Å². The van der Waals surface area contributed by atoms with Crippen LogP contribution in [0.25, 0.3) is 0 Å². The number of carbonyl (C=O) groups excluding carboxylic acids is 3. The molecule has 0 radical (unpaired) electrons. The molecule has 0 amide bonds. The number of hydrogen-bond acceptors (Lipinski definition) is 6. The molecule has 6 nitrogen and oxygen atoms in total. The van der Waals surface area contributed by atoms with Gasteiger partial charge in [-0.2, -0.15) is 0 Å². The van der Waals surface area contributed by atoms with E-state index < -0.39 is 6.10 Å². The molecule has 6 heteroatoms. The molecule has 0 aromatic rings. The third-order valence-corrected chi connectivity index (χ3v) is 12.5. The molecule has 0 heterocycles. The average molecular weight is 863 g/mol. The monoisotopic (exact) mass is 863 g/mol. The van der Waals surface area contributed by atoms with E-state index in [1.165, 1.54) is 205 Å². The lowest BCUT2D eigenvalue weighted by Gasteiger charge is -2.18. The van der Waals surface area contributed by atoms with Crippen LogP contribution in [0.5, 0.6) is 0 Å². The highest BCUT2D eigenvalue weighted by molar-refractivity contribution is 5.71. The molecule has 0 unspecified atom stereocenters. The molecule has 0 aromatic heterocycles. The Morgan fingerprint density at radius 1 is 0.311 bits per heavy atom. The van der Waals surface area contributed by atoms with Crippen molar-refractivity contribution in [3.63, 3.8) is 0 Å². The van der Waals surface area contributed by atoms with Gasteiger partial charge in [0.05, 0.1) is 0 Å². The Morgan fingerprint density at radius 3 is 0.803 bits per heavy atom. The van der Waals surface area contributed by atoms with Gasteiger partial charge < -0.3 is 14.2 Å². The van der Waals surface area contributed by atoms with Gasteiger partial charge in [0.15, 0.2) is 6.10 Å². The largest absolute Gasteiger partial charge is 0.462 e. The first-order valence-electron chi connectivity index (χ1n) is 27.4. The molecule has 0 aliphatic rings. The zero-order valence-electron chi connectivity index (χ0n) is 41.6. The maximum Gasteiger partial charge on any atom is 0.306 e. The van der Waals surface area contributed by atoms with E-state index in [9.17, 15) is 14.4 Å². The minimum absolute atomic E-state index is 0.0622. The van der Waals surface area contributed by atoms with Crippen molar-refractivity contribution in [2.45, 2.75) is 316 Å². The summed E-state index contributed by atoms with van der Waals surface area (Å²) < 4.78 is 16.8. The number of esters is 3. The molecular formula is C55H106O6. The molecule has 0 bridgehead atoms. The molecule has 0 spiro atoms. The maximum atomic E-state index is 12.8. The minimum atomic E-state index is -0.761. The van der Waals surface area contributed by atoms with Crippen LogP contribution in [0.15, 0.2) is 0 Å². The first-order valence-corrected chi connectivity index (χ1v) is 27.4. The van der Waals surface area contributed by atoms with E-state index in [0.29, 0.717) is 19.3 Å². The molecule has 0 aliphatic carbocycles. The lowest BCUT2D eigenvalue weighted by atomic mass is 10.0. The Balaban J connectivity index is 4.31. The summed E-state index contributed by atoms with van der Waals surface area (Å²) in [4.78, 5) is 38.0. The van der Waals surface area contributed by atoms with E-state index in [2.05, 4.69) is 27.7 Å². The van der Waals surface area contributed by atoms with Crippen LogP contribution < -0.4 is 0 Å². The van der Waals surface area contributed by atoms with Crippen LogP contribution in [0, 0.1) is 5.92 Å². The summed E-state index contributed by atoms with van der Waals surface area (Å²) in [5, 5.41) is 0. The second-order valence-corrected chi connectivity index (χ2v) is 19.3. The number of carbonyl (C=O) groups is 3. The van der Waals surface area contributed by atoms with Crippen molar-refractivity contribution in [2.75, 3.05) is 13.2 Å². The topological polar surface area (TPSA) is 78.9 Å². The van der Waals surface area contributed by atoms with Gasteiger partial charge in [-0.25, -0.2) is 0 Å². The summed E-state index contributed by atoms with van der Waals surface area (Å²) in [6, 6.07) is 0. The van der Waals surface area contributed by atoms with Crippen LogP contribution >= 0.6 is 0 Å². The second-order valence-electron chi connectivity index (χ2n) is 19.3. The van der Waals surface area contributed by atoms with E-state index in [1.807, 2.05) is 0 Å². The van der Waals surface area contributed by atoms with Crippen molar-refractivity contribution in [1.82, 2.24) is 0 Å². The lowest BCUT2D eigenvalue weighted by Crippen LogP contribution is -2.30. The van der Waals surface area contributed by atoms with Crippen molar-refractivity contribution in [3.05, 3.63) is 0 Å². The predicted molar refractivity (Wildman–Crippen MR) is 261 cm³/mol. The Labute approximate surface area is 380 Å². The molecule has 0 fully saturated rings. The first-order chi connectivity index (χ1) is 29.9. The van der Waals surface area contributed by atoms with E-state index in [1.54, 1.807) is 0 Å². The molecule has 0 aliphatic heterocycles. The summed E-state index contributed by atoms with van der Waals surface area (Å²) in [5.74, 6) is -0.00530. The normalized spacial score (nSPS) is 12.0. The van der Waals surface area contributed by atoms with Crippen LogP contribution in [-0.4, -0.2) is 37.2 Å². The fourth-order valence-corrected chi connectivity index (χ4v) is 8.39. The minimum Gasteiger partial charge on any atom is -0.462 e. The van der Waals surface area contributed by atoms with Crippen LogP contribution in [-0.2, 0) is 28.6 Å². The van der Waals surface area contributed by atoms with Gasteiger partial charge in [-0.05, 0) is 25.2 Å². The second kappa shape index (κ2) is 49.4. The highest BCUT2D eigenvalue weighted by Crippen LogP contribution is 2.17. The van der Waals surface area contributed by atoms with E-state index in [4.69, 9.17) is 14.2 Å². The van der Waals surface area contributed by atoms with Gasteiger partial charge in [0, 0.05) is 19.3 Å². The first kappa shape index (κ1) is 59.4. The average Bonchev–Trinajstić information content (AvgIpc) is 3.24. The molecule has 0 rings (SSSR count). The molecule has 0 aromatic carbocycles. The molecule has 1 atom stereocenters. The third-order valence-electron chi connectivity index (χ3n) is 12.5. The van der Waals surface area contributed by atoms with Crippen LogP contribution in [0.4, 0.5) is 0 Å². The molecule has 61 heavy (non-hydrogen) atoms. The number of ether oxygens (including phenoxy) is 3. The molecule has 0 saturated carbocycles. The van der Waals surface area contributed by atoms with Gasteiger partial charge >= 0.3 is 17.9 Å². The van der Waals surface area contributed by atoms with E-state index >= 15 is 0 Å². The van der Waals surface area contributed by atoms with Crippen molar-refractivity contribution in [3.8, 4) is 0 Å². The van der Waals surface area contributed by atoms with Crippen LogP contribution in [0.1, 0.15) is 310 Å². The van der Waals surface area contributed by atoms with Crippen molar-refractivity contribution < 1.29 is 28.6 Å². The molecular weight excluding hydrogens is 757 g/mol. The summed E-state index contributed by atoms with van der Waals surface area (Å²) >= 11 is 0. The van der Waals surface area contributed by atoms with Crippen molar-refractivity contribution >= 4 is 17.9 Å². The number of hydrogen-bond donors (Lipinski definition) is 0. The molecule has 0 N–H and O–H groups in total. The number of rotatable bonds is 50. The lowest BCUT2D eigenvalue weighted by molar-refractivity contribution is -0.167. The quantitative estimate of drug-likeness (QED) is 0.0344. The zero-order valence-corrected chi connectivity index (χ0v) is 41.6. The highest BCUT2D eigenvalue weighted by Gasteiger charge is 2.19. The smallest absolute Gasteiger partial charge is 0.306 e.